The van der Waals surface area contributed by atoms with Gasteiger partial charge in [-0.05, 0) is 32.6 Å². The Morgan fingerprint density at radius 1 is 1.22 bits per heavy atom. The van der Waals surface area contributed by atoms with E-state index in [4.69, 9.17) is 14.2 Å². The van der Waals surface area contributed by atoms with Gasteiger partial charge in [-0.1, -0.05) is 25.8 Å². The number of hydrogen-bond acceptors (Lipinski definition) is 3. The summed E-state index contributed by atoms with van der Waals surface area (Å²) < 4.78 is 16.7. The van der Waals surface area contributed by atoms with Gasteiger partial charge in [0.1, 0.15) is 0 Å². The number of methoxy groups -OCH3 is 2. The van der Waals surface area contributed by atoms with Gasteiger partial charge in [0.2, 0.25) is 0 Å². The molecule has 0 spiro atoms. The Bertz CT molecular complexity index is 254. The van der Waals surface area contributed by atoms with E-state index in [9.17, 15) is 0 Å². The van der Waals surface area contributed by atoms with Crippen molar-refractivity contribution in [3.63, 3.8) is 0 Å². The molecule has 0 aromatic rings. The van der Waals surface area contributed by atoms with E-state index < -0.39 is 5.79 Å². The fraction of sp³-hybridized carbons (Fsp3) is 0.867. The molecule has 1 unspecified atom stereocenters. The van der Waals surface area contributed by atoms with Crippen molar-refractivity contribution in [2.45, 2.75) is 64.3 Å². The van der Waals surface area contributed by atoms with Crippen molar-refractivity contribution in [3.8, 4) is 0 Å². The summed E-state index contributed by atoms with van der Waals surface area (Å²) in [6.07, 6.45) is 7.33. The Morgan fingerprint density at radius 3 is 2.33 bits per heavy atom. The molecule has 1 aliphatic rings. The van der Waals surface area contributed by atoms with Crippen molar-refractivity contribution in [2.24, 2.45) is 5.92 Å². The zero-order valence-corrected chi connectivity index (χ0v) is 12.3. The van der Waals surface area contributed by atoms with E-state index in [2.05, 4.69) is 6.58 Å². The fourth-order valence-electron chi connectivity index (χ4n) is 2.53. The van der Waals surface area contributed by atoms with Gasteiger partial charge in [0.05, 0.1) is 19.0 Å². The highest BCUT2D eigenvalue weighted by atomic mass is 16.7. The van der Waals surface area contributed by atoms with E-state index in [0.717, 1.165) is 12.2 Å². The molecule has 1 saturated carbocycles. The maximum Gasteiger partial charge on any atom is 0.162 e. The molecule has 0 N–H and O–H groups in total. The van der Waals surface area contributed by atoms with E-state index in [1.807, 2.05) is 13.8 Å². The topological polar surface area (TPSA) is 27.7 Å². The molecule has 106 valence electrons. The van der Waals surface area contributed by atoms with Crippen LogP contribution < -0.4 is 0 Å². The third-order valence-corrected chi connectivity index (χ3v) is 3.82. The van der Waals surface area contributed by atoms with Crippen molar-refractivity contribution in [1.82, 2.24) is 0 Å². The standard InChI is InChI=1S/C15H28O3/c1-12(16-4)11-14(18-15(2,3)17-5)13-9-7-6-8-10-13/h13-14H,1,6-11H2,2-5H3. The molecule has 1 aliphatic carbocycles. The third-order valence-electron chi connectivity index (χ3n) is 3.82. The van der Waals surface area contributed by atoms with Gasteiger partial charge in [0, 0.05) is 13.5 Å². The predicted molar refractivity (Wildman–Crippen MR) is 73.3 cm³/mol. The molecule has 3 nitrogen and oxygen atoms in total. The van der Waals surface area contributed by atoms with Gasteiger partial charge >= 0.3 is 0 Å². The van der Waals surface area contributed by atoms with Gasteiger partial charge in [-0.2, -0.15) is 0 Å². The van der Waals surface area contributed by atoms with Crippen LogP contribution in [0.5, 0.6) is 0 Å². The predicted octanol–water partition coefficient (Wildman–Crippen LogP) is 3.88. The first-order valence-corrected chi connectivity index (χ1v) is 6.93. The second-order valence-electron chi connectivity index (χ2n) is 5.61. The molecule has 0 aromatic heterocycles. The van der Waals surface area contributed by atoms with Gasteiger partial charge in [0.15, 0.2) is 5.79 Å². The second-order valence-corrected chi connectivity index (χ2v) is 5.61. The van der Waals surface area contributed by atoms with Gasteiger partial charge in [0.25, 0.3) is 0 Å². The van der Waals surface area contributed by atoms with Gasteiger partial charge < -0.3 is 14.2 Å². The monoisotopic (exact) mass is 256 g/mol. The summed E-state index contributed by atoms with van der Waals surface area (Å²) in [5.74, 6) is 0.841. The van der Waals surface area contributed by atoms with Crippen molar-refractivity contribution in [2.75, 3.05) is 14.2 Å². The molecule has 1 fully saturated rings. The molecular weight excluding hydrogens is 228 g/mol. The van der Waals surface area contributed by atoms with Crippen molar-refractivity contribution >= 4 is 0 Å². The number of hydrogen-bond donors (Lipinski definition) is 0. The Hall–Kier alpha value is -0.540. The summed E-state index contributed by atoms with van der Waals surface area (Å²) in [6, 6.07) is 0. The minimum absolute atomic E-state index is 0.146. The van der Waals surface area contributed by atoms with Crippen LogP contribution >= 0.6 is 0 Å². The molecule has 0 aromatic carbocycles. The minimum Gasteiger partial charge on any atom is -0.502 e. The fourth-order valence-corrected chi connectivity index (χ4v) is 2.53. The van der Waals surface area contributed by atoms with Crippen molar-refractivity contribution in [3.05, 3.63) is 12.3 Å². The highest BCUT2D eigenvalue weighted by molar-refractivity contribution is 4.89. The summed E-state index contributed by atoms with van der Waals surface area (Å²) in [5.41, 5.74) is 0. The average Bonchev–Trinajstić information content (AvgIpc) is 2.38. The van der Waals surface area contributed by atoms with Crippen LogP contribution in [-0.4, -0.2) is 26.1 Å². The summed E-state index contributed by atoms with van der Waals surface area (Å²) in [5, 5.41) is 0. The molecule has 18 heavy (non-hydrogen) atoms. The number of rotatable bonds is 7. The minimum atomic E-state index is -0.546. The molecule has 0 bridgehead atoms. The van der Waals surface area contributed by atoms with Gasteiger partial charge in [-0.3, -0.25) is 0 Å². The molecule has 0 amide bonds. The summed E-state index contributed by atoms with van der Waals surface area (Å²) in [6.45, 7) is 7.83. The molecular formula is C15H28O3. The van der Waals surface area contributed by atoms with Crippen LogP contribution in [0.4, 0.5) is 0 Å². The lowest BCUT2D eigenvalue weighted by molar-refractivity contribution is -0.235. The van der Waals surface area contributed by atoms with Crippen LogP contribution in [0.25, 0.3) is 0 Å². The normalized spacial score (nSPS) is 19.6. The summed E-state index contributed by atoms with van der Waals surface area (Å²) >= 11 is 0. The van der Waals surface area contributed by atoms with Crippen molar-refractivity contribution in [1.29, 1.82) is 0 Å². The smallest absolute Gasteiger partial charge is 0.162 e. The third kappa shape index (κ3) is 4.99. The first kappa shape index (κ1) is 15.5. The summed E-state index contributed by atoms with van der Waals surface area (Å²) in [7, 11) is 3.35. The zero-order chi connectivity index (χ0) is 13.6. The molecule has 0 aliphatic heterocycles. The lowest BCUT2D eigenvalue weighted by atomic mass is 9.83. The Balaban J connectivity index is 2.64. The van der Waals surface area contributed by atoms with Crippen LogP contribution in [0.15, 0.2) is 12.3 Å². The van der Waals surface area contributed by atoms with Crippen LogP contribution in [0.2, 0.25) is 0 Å². The highest BCUT2D eigenvalue weighted by Gasteiger charge is 2.30. The molecule has 0 heterocycles. The Labute approximate surface area is 111 Å². The van der Waals surface area contributed by atoms with E-state index >= 15 is 0 Å². The summed E-state index contributed by atoms with van der Waals surface area (Å²) in [4.78, 5) is 0. The number of ether oxygens (including phenoxy) is 3. The van der Waals surface area contributed by atoms with Crippen LogP contribution in [0.3, 0.4) is 0 Å². The molecule has 0 saturated heterocycles. The zero-order valence-electron chi connectivity index (χ0n) is 12.3. The first-order valence-electron chi connectivity index (χ1n) is 6.93. The largest absolute Gasteiger partial charge is 0.502 e. The van der Waals surface area contributed by atoms with E-state index in [0.29, 0.717) is 5.92 Å². The SMILES string of the molecule is C=C(CC(OC(C)(C)OC)C1CCCCC1)OC. The highest BCUT2D eigenvalue weighted by Crippen LogP contribution is 2.33. The molecule has 1 rings (SSSR count). The van der Waals surface area contributed by atoms with E-state index in [-0.39, 0.29) is 6.10 Å². The van der Waals surface area contributed by atoms with Crippen molar-refractivity contribution < 1.29 is 14.2 Å². The molecule has 3 heteroatoms. The maximum absolute atomic E-state index is 6.14. The molecule has 1 atom stereocenters. The lowest BCUT2D eigenvalue weighted by Gasteiger charge is -2.36. The Kier molecular flexibility index (Phi) is 6.16. The average molecular weight is 256 g/mol. The maximum atomic E-state index is 6.14. The van der Waals surface area contributed by atoms with Gasteiger partial charge in [-0.25, -0.2) is 0 Å². The van der Waals surface area contributed by atoms with Crippen LogP contribution in [0, 0.1) is 5.92 Å². The quantitative estimate of drug-likeness (QED) is 0.511. The van der Waals surface area contributed by atoms with E-state index in [1.54, 1.807) is 14.2 Å². The lowest BCUT2D eigenvalue weighted by Crippen LogP contribution is -2.37. The van der Waals surface area contributed by atoms with Gasteiger partial charge in [-0.15, -0.1) is 0 Å². The second kappa shape index (κ2) is 7.15. The molecule has 0 radical (unpaired) electrons. The Morgan fingerprint density at radius 2 is 1.83 bits per heavy atom. The van der Waals surface area contributed by atoms with Crippen LogP contribution in [-0.2, 0) is 14.2 Å². The van der Waals surface area contributed by atoms with Crippen LogP contribution in [0.1, 0.15) is 52.4 Å². The van der Waals surface area contributed by atoms with E-state index in [1.165, 1.54) is 32.1 Å². The first-order chi connectivity index (χ1) is 8.48.